The van der Waals surface area contributed by atoms with Crippen LogP contribution in [0.2, 0.25) is 5.02 Å². The molecule has 0 radical (unpaired) electrons. The van der Waals surface area contributed by atoms with Gasteiger partial charge in [0.2, 0.25) is 0 Å². The number of aromatic nitrogens is 1. The van der Waals surface area contributed by atoms with Crippen molar-refractivity contribution in [2.45, 2.75) is 0 Å². The molecule has 0 saturated carbocycles. The molecule has 1 heterocycles. The highest BCUT2D eigenvalue weighted by Gasteiger charge is 2.14. The predicted molar refractivity (Wildman–Crippen MR) is 65.7 cm³/mol. The zero-order chi connectivity index (χ0) is 12.3. The smallest absolute Gasteiger partial charge is 0.198 e. The summed E-state index contributed by atoms with van der Waals surface area (Å²) in [6.07, 6.45) is 3.15. The van der Waals surface area contributed by atoms with Crippen molar-refractivity contribution in [3.05, 3.63) is 58.9 Å². The van der Waals surface area contributed by atoms with Crippen LogP contribution in [0, 0.1) is 0 Å². The number of carbonyl (C=O) groups is 1. The van der Waals surface area contributed by atoms with Gasteiger partial charge < -0.3 is 4.74 Å². The Labute approximate surface area is 104 Å². The van der Waals surface area contributed by atoms with E-state index in [1.807, 2.05) is 0 Å². The molecule has 0 spiro atoms. The largest absolute Gasteiger partial charge is 0.496 e. The van der Waals surface area contributed by atoms with Gasteiger partial charge in [-0.15, -0.1) is 0 Å². The van der Waals surface area contributed by atoms with Gasteiger partial charge in [0, 0.05) is 23.0 Å². The highest BCUT2D eigenvalue weighted by molar-refractivity contribution is 6.31. The van der Waals surface area contributed by atoms with Crippen LogP contribution in [0.4, 0.5) is 0 Å². The number of ether oxygens (including phenoxy) is 1. The fourth-order valence-corrected chi connectivity index (χ4v) is 1.67. The SMILES string of the molecule is COc1cc(Cl)ccc1C(=O)c1cccnc1. The lowest BCUT2D eigenvalue weighted by atomic mass is 10.0. The molecule has 3 nitrogen and oxygen atoms in total. The summed E-state index contributed by atoms with van der Waals surface area (Å²) in [5.74, 6) is 0.331. The van der Waals surface area contributed by atoms with E-state index in [2.05, 4.69) is 4.98 Å². The Morgan fingerprint density at radius 2 is 2.18 bits per heavy atom. The monoisotopic (exact) mass is 247 g/mol. The summed E-state index contributed by atoms with van der Waals surface area (Å²) in [4.78, 5) is 16.1. The molecule has 0 aliphatic carbocycles. The zero-order valence-corrected chi connectivity index (χ0v) is 9.94. The molecule has 2 rings (SSSR count). The van der Waals surface area contributed by atoms with Crippen LogP contribution in [0.5, 0.6) is 5.75 Å². The summed E-state index contributed by atoms with van der Waals surface area (Å²) in [5, 5.41) is 0.532. The standard InChI is InChI=1S/C13H10ClNO2/c1-17-12-7-10(14)4-5-11(12)13(16)9-3-2-6-15-8-9/h2-8H,1H3. The van der Waals surface area contributed by atoms with Crippen molar-refractivity contribution in [2.24, 2.45) is 0 Å². The Hall–Kier alpha value is -1.87. The number of hydrogen-bond donors (Lipinski definition) is 0. The molecular weight excluding hydrogens is 238 g/mol. The third-order valence-electron chi connectivity index (χ3n) is 2.33. The Morgan fingerprint density at radius 3 is 2.82 bits per heavy atom. The lowest BCUT2D eigenvalue weighted by Crippen LogP contribution is -2.04. The van der Waals surface area contributed by atoms with Gasteiger partial charge in [0.25, 0.3) is 0 Å². The number of carbonyl (C=O) groups excluding carboxylic acids is 1. The van der Waals surface area contributed by atoms with E-state index in [-0.39, 0.29) is 5.78 Å². The summed E-state index contributed by atoms with van der Waals surface area (Å²) in [6, 6.07) is 8.36. The molecule has 86 valence electrons. The Bertz CT molecular complexity index is 540. The van der Waals surface area contributed by atoms with Crippen molar-refractivity contribution in [1.29, 1.82) is 0 Å². The third kappa shape index (κ3) is 2.45. The fraction of sp³-hybridized carbons (Fsp3) is 0.0769. The minimum Gasteiger partial charge on any atom is -0.496 e. The molecule has 0 amide bonds. The second-order valence-corrected chi connectivity index (χ2v) is 3.85. The molecule has 1 aromatic heterocycles. The summed E-state index contributed by atoms with van der Waals surface area (Å²) in [7, 11) is 1.51. The van der Waals surface area contributed by atoms with E-state index in [4.69, 9.17) is 16.3 Å². The van der Waals surface area contributed by atoms with Gasteiger partial charge in [0.05, 0.1) is 12.7 Å². The van der Waals surface area contributed by atoms with E-state index < -0.39 is 0 Å². The minimum absolute atomic E-state index is 0.133. The molecule has 17 heavy (non-hydrogen) atoms. The average Bonchev–Trinajstić information content (AvgIpc) is 2.39. The second-order valence-electron chi connectivity index (χ2n) is 3.42. The highest BCUT2D eigenvalue weighted by Crippen LogP contribution is 2.25. The van der Waals surface area contributed by atoms with Crippen LogP contribution in [0.25, 0.3) is 0 Å². The number of nitrogens with zero attached hydrogens (tertiary/aromatic N) is 1. The molecule has 0 saturated heterocycles. The van der Waals surface area contributed by atoms with Gasteiger partial charge in [-0.1, -0.05) is 11.6 Å². The number of methoxy groups -OCH3 is 1. The van der Waals surface area contributed by atoms with E-state index >= 15 is 0 Å². The number of ketones is 1. The normalized spacial score (nSPS) is 10.0. The van der Waals surface area contributed by atoms with Crippen LogP contribution < -0.4 is 4.74 Å². The molecule has 0 unspecified atom stereocenters. The van der Waals surface area contributed by atoms with Crippen molar-refractivity contribution in [1.82, 2.24) is 4.98 Å². The number of pyridine rings is 1. The van der Waals surface area contributed by atoms with E-state index in [9.17, 15) is 4.79 Å². The maximum absolute atomic E-state index is 12.2. The van der Waals surface area contributed by atoms with Crippen molar-refractivity contribution in [2.75, 3.05) is 7.11 Å². The van der Waals surface area contributed by atoms with E-state index in [0.717, 1.165) is 0 Å². The van der Waals surface area contributed by atoms with Crippen molar-refractivity contribution in [3.63, 3.8) is 0 Å². The summed E-state index contributed by atoms with van der Waals surface area (Å²) in [5.41, 5.74) is 0.998. The molecule has 0 N–H and O–H groups in total. The van der Waals surface area contributed by atoms with Gasteiger partial charge in [-0.05, 0) is 30.3 Å². The lowest BCUT2D eigenvalue weighted by Gasteiger charge is -2.07. The zero-order valence-electron chi connectivity index (χ0n) is 9.18. The molecule has 0 aliphatic rings. The quantitative estimate of drug-likeness (QED) is 0.783. The number of rotatable bonds is 3. The van der Waals surface area contributed by atoms with Crippen LogP contribution in [0.3, 0.4) is 0 Å². The first-order valence-corrected chi connectivity index (χ1v) is 5.38. The predicted octanol–water partition coefficient (Wildman–Crippen LogP) is 2.97. The van der Waals surface area contributed by atoms with Gasteiger partial charge in [-0.3, -0.25) is 9.78 Å². The van der Waals surface area contributed by atoms with Crippen molar-refractivity contribution in [3.8, 4) is 5.75 Å². The Kier molecular flexibility index (Phi) is 3.40. The van der Waals surface area contributed by atoms with E-state index in [1.165, 1.54) is 13.3 Å². The van der Waals surface area contributed by atoms with Crippen LogP contribution in [-0.4, -0.2) is 17.9 Å². The summed E-state index contributed by atoms with van der Waals surface area (Å²) < 4.78 is 5.14. The van der Waals surface area contributed by atoms with Crippen molar-refractivity contribution >= 4 is 17.4 Å². The first kappa shape index (κ1) is 11.6. The molecule has 0 fully saturated rings. The highest BCUT2D eigenvalue weighted by atomic mass is 35.5. The van der Waals surface area contributed by atoms with E-state index in [1.54, 1.807) is 36.5 Å². The maximum atomic E-state index is 12.2. The number of benzene rings is 1. The summed E-state index contributed by atoms with van der Waals surface area (Å²) in [6.45, 7) is 0. The fourth-order valence-electron chi connectivity index (χ4n) is 1.51. The lowest BCUT2D eigenvalue weighted by molar-refractivity contribution is 0.103. The van der Waals surface area contributed by atoms with Crippen LogP contribution in [-0.2, 0) is 0 Å². The van der Waals surface area contributed by atoms with Crippen LogP contribution in [0.1, 0.15) is 15.9 Å². The molecule has 0 atom stereocenters. The maximum Gasteiger partial charge on any atom is 0.198 e. The molecule has 2 aromatic rings. The van der Waals surface area contributed by atoms with Gasteiger partial charge in [-0.25, -0.2) is 0 Å². The number of halogens is 1. The van der Waals surface area contributed by atoms with Crippen molar-refractivity contribution < 1.29 is 9.53 Å². The van der Waals surface area contributed by atoms with E-state index in [0.29, 0.717) is 21.9 Å². The van der Waals surface area contributed by atoms with Gasteiger partial charge in [-0.2, -0.15) is 0 Å². The second kappa shape index (κ2) is 4.97. The molecule has 1 aromatic carbocycles. The Balaban J connectivity index is 2.44. The molecule has 0 bridgehead atoms. The summed E-state index contributed by atoms with van der Waals surface area (Å²) >= 11 is 5.84. The van der Waals surface area contributed by atoms with Gasteiger partial charge in [0.15, 0.2) is 5.78 Å². The molecule has 0 aliphatic heterocycles. The number of hydrogen-bond acceptors (Lipinski definition) is 3. The molecule has 4 heteroatoms. The van der Waals surface area contributed by atoms with Gasteiger partial charge in [0.1, 0.15) is 5.75 Å². The first-order chi connectivity index (χ1) is 8.22. The average molecular weight is 248 g/mol. The van der Waals surface area contributed by atoms with Crippen LogP contribution >= 0.6 is 11.6 Å². The topological polar surface area (TPSA) is 39.2 Å². The third-order valence-corrected chi connectivity index (χ3v) is 2.57. The first-order valence-electron chi connectivity index (χ1n) is 5.00. The molecular formula is C13H10ClNO2. The Morgan fingerprint density at radius 1 is 1.35 bits per heavy atom. The van der Waals surface area contributed by atoms with Crippen LogP contribution in [0.15, 0.2) is 42.7 Å². The minimum atomic E-state index is -0.133. The van der Waals surface area contributed by atoms with Gasteiger partial charge >= 0.3 is 0 Å².